The number of alkyl halides is 1. The van der Waals surface area contributed by atoms with Crippen molar-refractivity contribution in [2.75, 3.05) is 38.1 Å². The first kappa shape index (κ1) is 16.9. The van der Waals surface area contributed by atoms with Crippen LogP contribution in [-0.4, -0.2) is 53.9 Å². The third-order valence-electron chi connectivity index (χ3n) is 3.32. The molecule has 1 aromatic rings. The van der Waals surface area contributed by atoms with Gasteiger partial charge in [-0.3, -0.25) is 4.90 Å². The Morgan fingerprint density at radius 3 is 2.33 bits per heavy atom. The van der Waals surface area contributed by atoms with Crippen LogP contribution in [0.3, 0.4) is 0 Å². The summed E-state index contributed by atoms with van der Waals surface area (Å²) in [6.07, 6.45) is -0.287. The molecular weight excluding hydrogens is 379 g/mol. The van der Waals surface area contributed by atoms with Crippen LogP contribution in [0.5, 0.6) is 0 Å². The summed E-state index contributed by atoms with van der Waals surface area (Å²) in [5.41, 5.74) is 0.791. The van der Waals surface area contributed by atoms with Gasteiger partial charge in [-0.15, -0.1) is 0 Å². The van der Waals surface area contributed by atoms with Crippen molar-refractivity contribution in [2.24, 2.45) is 0 Å². The average Bonchev–Trinajstić information content (AvgIpc) is 2.45. The summed E-state index contributed by atoms with van der Waals surface area (Å²) in [5, 5.41) is 2.03. The Morgan fingerprint density at radius 1 is 1.14 bits per heavy atom. The van der Waals surface area contributed by atoms with E-state index in [1.165, 1.54) is 0 Å². The molecule has 0 radical (unpaired) electrons. The molecule has 4 nitrogen and oxygen atoms in total. The lowest BCUT2D eigenvalue weighted by Crippen LogP contribution is -2.49. The molecular formula is C14H17BrCl2N2O2. The van der Waals surface area contributed by atoms with E-state index in [2.05, 4.69) is 20.8 Å². The quantitative estimate of drug-likeness (QED) is 0.729. The Hall–Kier alpha value is -0.490. The molecule has 21 heavy (non-hydrogen) atoms. The zero-order valence-electron chi connectivity index (χ0n) is 11.5. The molecule has 1 amide bonds. The van der Waals surface area contributed by atoms with Gasteiger partial charge in [0, 0.05) is 48.1 Å². The van der Waals surface area contributed by atoms with Crippen molar-refractivity contribution in [3.05, 3.63) is 33.8 Å². The van der Waals surface area contributed by atoms with Gasteiger partial charge in [-0.1, -0.05) is 39.1 Å². The molecule has 0 spiro atoms. The molecule has 0 unspecified atom stereocenters. The van der Waals surface area contributed by atoms with Gasteiger partial charge >= 0.3 is 6.09 Å². The Kier molecular flexibility index (Phi) is 6.61. The highest BCUT2D eigenvalue weighted by Crippen LogP contribution is 2.19. The van der Waals surface area contributed by atoms with Gasteiger partial charge < -0.3 is 9.64 Å². The van der Waals surface area contributed by atoms with E-state index in [9.17, 15) is 4.79 Å². The Labute approximate surface area is 143 Å². The summed E-state index contributed by atoms with van der Waals surface area (Å²) in [5.74, 6) is 0. The monoisotopic (exact) mass is 394 g/mol. The van der Waals surface area contributed by atoms with Gasteiger partial charge in [0.25, 0.3) is 0 Å². The molecule has 116 valence electrons. The number of benzene rings is 1. The first-order valence-corrected chi connectivity index (χ1v) is 8.61. The number of halogens is 3. The van der Waals surface area contributed by atoms with Crippen molar-refractivity contribution in [2.45, 2.75) is 6.61 Å². The highest BCUT2D eigenvalue weighted by molar-refractivity contribution is 9.09. The van der Waals surface area contributed by atoms with Crippen LogP contribution in [-0.2, 0) is 11.3 Å². The van der Waals surface area contributed by atoms with Crippen LogP contribution in [0, 0.1) is 0 Å². The van der Waals surface area contributed by atoms with Gasteiger partial charge in [0.2, 0.25) is 0 Å². The number of ether oxygens (including phenoxy) is 1. The van der Waals surface area contributed by atoms with Gasteiger partial charge in [-0.25, -0.2) is 4.79 Å². The third-order valence-corrected chi connectivity index (χ3v) is 4.11. The first-order valence-electron chi connectivity index (χ1n) is 6.73. The van der Waals surface area contributed by atoms with Crippen LogP contribution >= 0.6 is 39.1 Å². The highest BCUT2D eigenvalue weighted by atomic mass is 79.9. The maximum atomic E-state index is 12.0. The fourth-order valence-corrected chi connectivity index (χ4v) is 3.28. The second-order valence-electron chi connectivity index (χ2n) is 4.85. The van der Waals surface area contributed by atoms with Crippen molar-refractivity contribution < 1.29 is 9.53 Å². The van der Waals surface area contributed by atoms with Crippen molar-refractivity contribution in [3.63, 3.8) is 0 Å². The number of hydrogen-bond acceptors (Lipinski definition) is 3. The average molecular weight is 396 g/mol. The molecule has 0 bridgehead atoms. The first-order chi connectivity index (χ1) is 10.1. The molecule has 1 heterocycles. The minimum atomic E-state index is -0.287. The zero-order valence-corrected chi connectivity index (χ0v) is 14.6. The highest BCUT2D eigenvalue weighted by Gasteiger charge is 2.21. The summed E-state index contributed by atoms with van der Waals surface area (Å²) in [4.78, 5) is 16.1. The van der Waals surface area contributed by atoms with E-state index in [0.717, 1.165) is 30.5 Å². The van der Waals surface area contributed by atoms with Gasteiger partial charge in [0.05, 0.1) is 0 Å². The number of rotatable bonds is 4. The standard InChI is InChI=1S/C14H17BrCl2N2O2/c15-1-2-18-3-5-19(6-4-18)14(20)21-10-11-7-12(16)9-13(17)8-11/h7-9H,1-6,10H2. The van der Waals surface area contributed by atoms with Crippen molar-refractivity contribution in [1.29, 1.82) is 0 Å². The molecule has 0 aromatic heterocycles. The van der Waals surface area contributed by atoms with Crippen LogP contribution in [0.15, 0.2) is 18.2 Å². The predicted octanol–water partition coefficient (Wildman–Crippen LogP) is 3.64. The predicted molar refractivity (Wildman–Crippen MR) is 88.5 cm³/mol. The van der Waals surface area contributed by atoms with E-state index in [-0.39, 0.29) is 12.7 Å². The molecule has 0 atom stereocenters. The Balaban J connectivity index is 1.80. The topological polar surface area (TPSA) is 32.8 Å². The van der Waals surface area contributed by atoms with Crippen LogP contribution in [0.4, 0.5) is 4.79 Å². The molecule has 1 saturated heterocycles. The maximum Gasteiger partial charge on any atom is 0.410 e. The summed E-state index contributed by atoms with van der Waals surface area (Å²) in [6, 6.07) is 5.14. The summed E-state index contributed by atoms with van der Waals surface area (Å²) < 4.78 is 5.31. The molecule has 0 N–H and O–H groups in total. The third kappa shape index (κ3) is 5.33. The largest absolute Gasteiger partial charge is 0.445 e. The SMILES string of the molecule is O=C(OCc1cc(Cl)cc(Cl)c1)N1CCN(CCBr)CC1. The van der Waals surface area contributed by atoms with Gasteiger partial charge in [-0.2, -0.15) is 0 Å². The van der Waals surface area contributed by atoms with Crippen molar-refractivity contribution >= 4 is 45.2 Å². The number of nitrogens with zero attached hydrogens (tertiary/aromatic N) is 2. The van der Waals surface area contributed by atoms with Crippen LogP contribution < -0.4 is 0 Å². The maximum absolute atomic E-state index is 12.0. The lowest BCUT2D eigenvalue weighted by atomic mass is 10.2. The smallest absolute Gasteiger partial charge is 0.410 e. The fraction of sp³-hybridized carbons (Fsp3) is 0.500. The second-order valence-corrected chi connectivity index (χ2v) is 6.52. The fourth-order valence-electron chi connectivity index (χ4n) is 2.20. The minimum Gasteiger partial charge on any atom is -0.445 e. The molecule has 1 aromatic carbocycles. The van der Waals surface area contributed by atoms with Crippen LogP contribution in [0.25, 0.3) is 0 Å². The number of piperazine rings is 1. The minimum absolute atomic E-state index is 0.181. The molecule has 1 aliphatic heterocycles. The van der Waals surface area contributed by atoms with E-state index >= 15 is 0 Å². The molecule has 1 fully saturated rings. The van der Waals surface area contributed by atoms with Gasteiger partial charge in [0.1, 0.15) is 6.61 Å². The van der Waals surface area contributed by atoms with E-state index in [1.807, 2.05) is 0 Å². The zero-order chi connectivity index (χ0) is 15.2. The number of carbonyl (C=O) groups excluding carboxylic acids is 1. The number of hydrogen-bond donors (Lipinski definition) is 0. The molecule has 1 aliphatic rings. The van der Waals surface area contributed by atoms with Crippen molar-refractivity contribution in [3.8, 4) is 0 Å². The van der Waals surface area contributed by atoms with Gasteiger partial charge in [-0.05, 0) is 23.8 Å². The lowest BCUT2D eigenvalue weighted by Gasteiger charge is -2.33. The summed E-state index contributed by atoms with van der Waals surface area (Å²) in [6.45, 7) is 4.34. The normalized spacial score (nSPS) is 16.0. The van der Waals surface area contributed by atoms with E-state index in [0.29, 0.717) is 23.1 Å². The van der Waals surface area contributed by atoms with E-state index in [4.69, 9.17) is 27.9 Å². The Bertz CT molecular complexity index is 474. The Morgan fingerprint density at radius 2 is 1.76 bits per heavy atom. The molecule has 2 rings (SSSR count). The van der Waals surface area contributed by atoms with Crippen LogP contribution in [0.1, 0.15) is 5.56 Å². The molecule has 0 aliphatic carbocycles. The van der Waals surface area contributed by atoms with Gasteiger partial charge in [0.15, 0.2) is 0 Å². The number of amides is 1. The van der Waals surface area contributed by atoms with E-state index in [1.54, 1.807) is 23.1 Å². The molecule has 7 heteroatoms. The van der Waals surface area contributed by atoms with E-state index < -0.39 is 0 Å². The van der Waals surface area contributed by atoms with Crippen LogP contribution in [0.2, 0.25) is 10.0 Å². The lowest BCUT2D eigenvalue weighted by molar-refractivity contribution is 0.0731. The van der Waals surface area contributed by atoms with Crippen molar-refractivity contribution in [1.82, 2.24) is 9.80 Å². The second kappa shape index (κ2) is 8.22. The number of carbonyl (C=O) groups is 1. The summed E-state index contributed by atoms with van der Waals surface area (Å²) in [7, 11) is 0. The molecule has 0 saturated carbocycles. The summed E-state index contributed by atoms with van der Waals surface area (Å²) >= 11 is 15.3.